The van der Waals surface area contributed by atoms with E-state index in [9.17, 15) is 0 Å². The summed E-state index contributed by atoms with van der Waals surface area (Å²) < 4.78 is 0. The monoisotopic (exact) mass is 133 g/mol. The molecule has 52 valence electrons. The summed E-state index contributed by atoms with van der Waals surface area (Å²) in [5.41, 5.74) is 3.51. The third-order valence-electron chi connectivity index (χ3n) is 1.70. The Morgan fingerprint density at radius 3 is 2.40 bits per heavy atom. The lowest BCUT2D eigenvalue weighted by Crippen LogP contribution is -1.84. The third-order valence-corrected chi connectivity index (χ3v) is 1.70. The Kier molecular flexibility index (Phi) is 1.86. The molecule has 0 aliphatic rings. The van der Waals surface area contributed by atoms with Crippen molar-refractivity contribution >= 4 is 6.21 Å². The van der Waals surface area contributed by atoms with Crippen LogP contribution in [0.2, 0.25) is 0 Å². The smallest absolute Gasteiger partial charge is 0.0250 e. The minimum Gasteiger partial charge on any atom is -0.308 e. The average Bonchev–Trinajstić information content (AvgIpc) is 1.95. The summed E-state index contributed by atoms with van der Waals surface area (Å²) in [5, 5.41) is 6.99. The molecule has 1 rings (SSSR count). The molecule has 0 aliphatic carbocycles. The second-order valence-electron chi connectivity index (χ2n) is 2.49. The molecule has 0 amide bonds. The summed E-state index contributed by atoms with van der Waals surface area (Å²) >= 11 is 0. The van der Waals surface area contributed by atoms with Gasteiger partial charge in [-0.05, 0) is 30.5 Å². The van der Waals surface area contributed by atoms with Crippen LogP contribution in [0.3, 0.4) is 0 Å². The van der Waals surface area contributed by atoms with Gasteiger partial charge in [-0.25, -0.2) is 0 Å². The van der Waals surface area contributed by atoms with Gasteiger partial charge in [-0.3, -0.25) is 0 Å². The van der Waals surface area contributed by atoms with Gasteiger partial charge in [-0.2, -0.15) is 0 Å². The predicted molar refractivity (Wildman–Crippen MR) is 43.8 cm³/mol. The summed E-state index contributed by atoms with van der Waals surface area (Å²) in [6, 6.07) is 6.01. The van der Waals surface area contributed by atoms with Crippen LogP contribution in [0.1, 0.15) is 16.7 Å². The molecule has 1 N–H and O–H groups in total. The highest BCUT2D eigenvalue weighted by atomic mass is 14.3. The molecule has 0 fully saturated rings. The van der Waals surface area contributed by atoms with Crippen LogP contribution >= 0.6 is 0 Å². The van der Waals surface area contributed by atoms with Gasteiger partial charge in [-0.1, -0.05) is 18.2 Å². The highest BCUT2D eigenvalue weighted by Gasteiger charge is 1.91. The molecular weight excluding hydrogens is 122 g/mol. The molecule has 0 bridgehead atoms. The highest BCUT2D eigenvalue weighted by Crippen LogP contribution is 2.07. The molecule has 0 aliphatic heterocycles. The van der Waals surface area contributed by atoms with Gasteiger partial charge in [0.1, 0.15) is 0 Å². The largest absolute Gasteiger partial charge is 0.308 e. The SMILES string of the molecule is Cc1ccc(C=N)cc1C. The zero-order valence-corrected chi connectivity index (χ0v) is 6.31. The lowest BCUT2D eigenvalue weighted by atomic mass is 10.1. The average molecular weight is 133 g/mol. The van der Waals surface area contributed by atoms with Gasteiger partial charge < -0.3 is 5.41 Å². The van der Waals surface area contributed by atoms with Gasteiger partial charge in [0, 0.05) is 6.21 Å². The first-order chi connectivity index (χ1) is 4.74. The van der Waals surface area contributed by atoms with Crippen LogP contribution in [0, 0.1) is 19.3 Å². The molecule has 10 heavy (non-hydrogen) atoms. The fraction of sp³-hybridized carbons (Fsp3) is 0.222. The number of hydrogen-bond donors (Lipinski definition) is 1. The Morgan fingerprint density at radius 2 is 1.90 bits per heavy atom. The first-order valence-corrected chi connectivity index (χ1v) is 3.32. The molecule has 0 radical (unpaired) electrons. The lowest BCUT2D eigenvalue weighted by Gasteiger charge is -1.98. The van der Waals surface area contributed by atoms with E-state index in [-0.39, 0.29) is 0 Å². The Hall–Kier alpha value is -1.11. The van der Waals surface area contributed by atoms with E-state index >= 15 is 0 Å². The molecule has 1 aromatic carbocycles. The molecule has 0 heterocycles. The van der Waals surface area contributed by atoms with E-state index in [0.717, 1.165) is 5.56 Å². The van der Waals surface area contributed by atoms with Gasteiger partial charge in [-0.15, -0.1) is 0 Å². The molecule has 0 spiro atoms. The molecule has 0 saturated heterocycles. The minimum atomic E-state index is 0.975. The Labute approximate surface area is 61.2 Å². The van der Waals surface area contributed by atoms with Crippen molar-refractivity contribution < 1.29 is 0 Å². The van der Waals surface area contributed by atoms with Crippen LogP contribution in [0.15, 0.2) is 18.2 Å². The molecule has 0 saturated carbocycles. The van der Waals surface area contributed by atoms with Crippen molar-refractivity contribution in [2.24, 2.45) is 0 Å². The van der Waals surface area contributed by atoms with Crippen molar-refractivity contribution in [2.75, 3.05) is 0 Å². The quantitative estimate of drug-likeness (QED) is 0.568. The third kappa shape index (κ3) is 1.24. The molecule has 0 aromatic heterocycles. The predicted octanol–water partition coefficient (Wildman–Crippen LogP) is 2.30. The van der Waals surface area contributed by atoms with Crippen molar-refractivity contribution in [1.82, 2.24) is 0 Å². The molecule has 0 atom stereocenters. The van der Waals surface area contributed by atoms with Gasteiger partial charge in [0.05, 0.1) is 0 Å². The van der Waals surface area contributed by atoms with Gasteiger partial charge in [0.15, 0.2) is 0 Å². The maximum Gasteiger partial charge on any atom is 0.0250 e. The maximum atomic E-state index is 6.99. The number of nitrogens with one attached hydrogen (secondary N) is 1. The fourth-order valence-electron chi connectivity index (χ4n) is 0.854. The normalized spacial score (nSPS) is 9.40. The standard InChI is InChI=1S/C9H11N/c1-7-3-4-9(6-10)5-8(7)2/h3-6,10H,1-2H3. The first-order valence-electron chi connectivity index (χ1n) is 3.32. The molecular formula is C9H11N. The Morgan fingerprint density at radius 1 is 1.20 bits per heavy atom. The zero-order valence-electron chi connectivity index (χ0n) is 6.31. The topological polar surface area (TPSA) is 23.9 Å². The second-order valence-corrected chi connectivity index (χ2v) is 2.49. The summed E-state index contributed by atoms with van der Waals surface area (Å²) in [6.07, 6.45) is 1.37. The van der Waals surface area contributed by atoms with Crippen molar-refractivity contribution in [3.05, 3.63) is 34.9 Å². The van der Waals surface area contributed by atoms with E-state index in [1.54, 1.807) is 0 Å². The van der Waals surface area contributed by atoms with Crippen molar-refractivity contribution in [1.29, 1.82) is 5.41 Å². The van der Waals surface area contributed by atoms with E-state index in [0.29, 0.717) is 0 Å². The maximum absolute atomic E-state index is 6.99. The van der Waals surface area contributed by atoms with Crippen LogP contribution in [-0.2, 0) is 0 Å². The Balaban J connectivity index is 3.16. The number of hydrogen-bond acceptors (Lipinski definition) is 1. The van der Waals surface area contributed by atoms with Gasteiger partial charge in [0.2, 0.25) is 0 Å². The van der Waals surface area contributed by atoms with E-state index < -0.39 is 0 Å². The van der Waals surface area contributed by atoms with Crippen LogP contribution in [0.25, 0.3) is 0 Å². The summed E-state index contributed by atoms with van der Waals surface area (Å²) in [4.78, 5) is 0. The lowest BCUT2D eigenvalue weighted by molar-refractivity contribution is 1.33. The highest BCUT2D eigenvalue weighted by molar-refractivity contribution is 5.77. The van der Waals surface area contributed by atoms with E-state index in [4.69, 9.17) is 5.41 Å². The van der Waals surface area contributed by atoms with Crippen LogP contribution in [0.5, 0.6) is 0 Å². The zero-order chi connectivity index (χ0) is 7.56. The van der Waals surface area contributed by atoms with Crippen molar-refractivity contribution in [3.8, 4) is 0 Å². The van der Waals surface area contributed by atoms with Gasteiger partial charge in [0.25, 0.3) is 0 Å². The van der Waals surface area contributed by atoms with Crippen LogP contribution in [0.4, 0.5) is 0 Å². The van der Waals surface area contributed by atoms with E-state index in [1.807, 2.05) is 18.2 Å². The van der Waals surface area contributed by atoms with Crippen LogP contribution < -0.4 is 0 Å². The molecule has 1 nitrogen and oxygen atoms in total. The second kappa shape index (κ2) is 2.65. The van der Waals surface area contributed by atoms with Crippen molar-refractivity contribution in [2.45, 2.75) is 13.8 Å². The summed E-state index contributed by atoms with van der Waals surface area (Å²) in [6.45, 7) is 4.13. The number of aryl methyl sites for hydroxylation is 2. The molecule has 1 heteroatoms. The van der Waals surface area contributed by atoms with Crippen LogP contribution in [-0.4, -0.2) is 6.21 Å². The number of rotatable bonds is 1. The summed E-state index contributed by atoms with van der Waals surface area (Å²) in [5.74, 6) is 0. The molecule has 1 aromatic rings. The first kappa shape index (κ1) is 7.00. The van der Waals surface area contributed by atoms with Gasteiger partial charge >= 0.3 is 0 Å². The van der Waals surface area contributed by atoms with Crippen molar-refractivity contribution in [3.63, 3.8) is 0 Å². The van der Waals surface area contributed by atoms with E-state index in [1.165, 1.54) is 17.3 Å². The summed E-state index contributed by atoms with van der Waals surface area (Å²) in [7, 11) is 0. The fourth-order valence-corrected chi connectivity index (χ4v) is 0.854. The molecule has 0 unspecified atom stereocenters. The number of benzene rings is 1. The minimum absolute atomic E-state index is 0.975. The van der Waals surface area contributed by atoms with E-state index in [2.05, 4.69) is 13.8 Å². The Bertz CT molecular complexity index is 251.